The summed E-state index contributed by atoms with van der Waals surface area (Å²) < 4.78 is 13.5. The highest BCUT2D eigenvalue weighted by atomic mass is 35.5. The summed E-state index contributed by atoms with van der Waals surface area (Å²) in [6.07, 6.45) is 0. The molecule has 2 rings (SSSR count). The van der Waals surface area contributed by atoms with Crippen LogP contribution in [0, 0.1) is 5.82 Å². The molecule has 0 spiro atoms. The molecule has 2 aromatic rings. The van der Waals surface area contributed by atoms with E-state index in [2.05, 4.69) is 5.32 Å². The lowest BCUT2D eigenvalue weighted by molar-refractivity contribution is 0.102. The SMILES string of the molecule is Nc1ccc(Cl)cc1C(=O)Nc1cc(Cl)ccc1F. The first kappa shape index (κ1) is 13.6. The van der Waals surface area contributed by atoms with Crippen LogP contribution in [0.15, 0.2) is 36.4 Å². The predicted molar refractivity (Wildman–Crippen MR) is 75.2 cm³/mol. The van der Waals surface area contributed by atoms with E-state index in [0.717, 1.165) is 0 Å². The summed E-state index contributed by atoms with van der Waals surface area (Å²) in [6.45, 7) is 0. The van der Waals surface area contributed by atoms with Gasteiger partial charge in [0.2, 0.25) is 0 Å². The van der Waals surface area contributed by atoms with Crippen LogP contribution in [0.3, 0.4) is 0 Å². The third kappa shape index (κ3) is 3.16. The van der Waals surface area contributed by atoms with E-state index in [1.165, 1.54) is 30.3 Å². The van der Waals surface area contributed by atoms with Gasteiger partial charge in [0.1, 0.15) is 5.82 Å². The Hall–Kier alpha value is -1.78. The van der Waals surface area contributed by atoms with Crippen LogP contribution in [0.25, 0.3) is 0 Å². The maximum atomic E-state index is 13.5. The van der Waals surface area contributed by atoms with Gasteiger partial charge in [-0.05, 0) is 36.4 Å². The van der Waals surface area contributed by atoms with Crippen LogP contribution in [0.1, 0.15) is 10.4 Å². The Morgan fingerprint density at radius 1 is 1.11 bits per heavy atom. The van der Waals surface area contributed by atoms with E-state index in [4.69, 9.17) is 28.9 Å². The molecular weight excluding hydrogens is 290 g/mol. The van der Waals surface area contributed by atoms with Gasteiger partial charge in [-0.15, -0.1) is 0 Å². The van der Waals surface area contributed by atoms with Crippen LogP contribution in [-0.2, 0) is 0 Å². The number of nitrogens with one attached hydrogen (secondary N) is 1. The Bertz CT molecular complexity index is 647. The monoisotopic (exact) mass is 298 g/mol. The van der Waals surface area contributed by atoms with E-state index in [-0.39, 0.29) is 16.9 Å². The van der Waals surface area contributed by atoms with Crippen LogP contribution in [0.4, 0.5) is 15.8 Å². The Balaban J connectivity index is 2.30. The fourth-order valence-corrected chi connectivity index (χ4v) is 1.85. The van der Waals surface area contributed by atoms with E-state index in [0.29, 0.717) is 10.0 Å². The molecule has 0 aliphatic heterocycles. The molecule has 1 amide bonds. The first-order valence-electron chi connectivity index (χ1n) is 5.29. The van der Waals surface area contributed by atoms with Gasteiger partial charge in [0.15, 0.2) is 0 Å². The van der Waals surface area contributed by atoms with Gasteiger partial charge in [0.05, 0.1) is 11.3 Å². The molecule has 2 aromatic carbocycles. The number of halogens is 3. The largest absolute Gasteiger partial charge is 0.398 e. The molecule has 0 saturated carbocycles. The highest BCUT2D eigenvalue weighted by molar-refractivity contribution is 6.31. The summed E-state index contributed by atoms with van der Waals surface area (Å²) in [6, 6.07) is 8.35. The number of benzene rings is 2. The molecule has 0 radical (unpaired) electrons. The third-order valence-electron chi connectivity index (χ3n) is 2.44. The molecule has 0 bridgehead atoms. The number of carbonyl (C=O) groups excluding carboxylic acids is 1. The minimum Gasteiger partial charge on any atom is -0.398 e. The van der Waals surface area contributed by atoms with Gasteiger partial charge in [-0.25, -0.2) is 4.39 Å². The zero-order chi connectivity index (χ0) is 14.0. The molecule has 19 heavy (non-hydrogen) atoms. The van der Waals surface area contributed by atoms with Crippen LogP contribution >= 0.6 is 23.2 Å². The lowest BCUT2D eigenvalue weighted by Gasteiger charge is -2.09. The van der Waals surface area contributed by atoms with Crippen LogP contribution in [0.2, 0.25) is 10.0 Å². The Labute approximate surface area is 119 Å². The zero-order valence-electron chi connectivity index (χ0n) is 9.58. The fourth-order valence-electron chi connectivity index (χ4n) is 1.51. The molecule has 3 N–H and O–H groups in total. The van der Waals surface area contributed by atoms with Crippen molar-refractivity contribution in [2.24, 2.45) is 0 Å². The maximum Gasteiger partial charge on any atom is 0.257 e. The number of rotatable bonds is 2. The zero-order valence-corrected chi connectivity index (χ0v) is 11.1. The molecule has 0 aromatic heterocycles. The van der Waals surface area contributed by atoms with Crippen molar-refractivity contribution in [1.82, 2.24) is 0 Å². The van der Waals surface area contributed by atoms with E-state index < -0.39 is 11.7 Å². The van der Waals surface area contributed by atoms with Crippen LogP contribution < -0.4 is 11.1 Å². The second kappa shape index (κ2) is 5.47. The average molecular weight is 299 g/mol. The summed E-state index contributed by atoms with van der Waals surface area (Å²) >= 11 is 11.5. The standard InChI is InChI=1S/C13H9Cl2FN2O/c14-7-2-4-11(17)9(5-7)13(19)18-12-6-8(15)1-3-10(12)16/h1-6H,17H2,(H,18,19). The summed E-state index contributed by atoms with van der Waals surface area (Å²) in [7, 11) is 0. The number of nitrogen functional groups attached to an aromatic ring is 1. The summed E-state index contributed by atoms with van der Waals surface area (Å²) in [5, 5.41) is 3.08. The topological polar surface area (TPSA) is 55.1 Å². The molecule has 0 fully saturated rings. The van der Waals surface area contributed by atoms with E-state index in [1.54, 1.807) is 6.07 Å². The van der Waals surface area contributed by atoms with E-state index >= 15 is 0 Å². The lowest BCUT2D eigenvalue weighted by Crippen LogP contribution is -2.15. The molecule has 0 heterocycles. The molecule has 0 saturated heterocycles. The molecular formula is C13H9Cl2FN2O. The number of hydrogen-bond acceptors (Lipinski definition) is 2. The number of nitrogens with two attached hydrogens (primary N) is 1. The minimum atomic E-state index is -0.585. The van der Waals surface area contributed by atoms with E-state index in [1.807, 2.05) is 0 Å². The van der Waals surface area contributed by atoms with Crippen molar-refractivity contribution in [3.05, 3.63) is 57.8 Å². The summed E-state index contributed by atoms with van der Waals surface area (Å²) in [5.74, 6) is -1.14. The van der Waals surface area contributed by atoms with Gasteiger partial charge < -0.3 is 11.1 Å². The Kier molecular flexibility index (Phi) is 3.93. The van der Waals surface area contributed by atoms with Crippen molar-refractivity contribution in [2.75, 3.05) is 11.1 Å². The first-order valence-corrected chi connectivity index (χ1v) is 6.04. The Morgan fingerprint density at radius 2 is 1.74 bits per heavy atom. The Morgan fingerprint density at radius 3 is 2.47 bits per heavy atom. The molecule has 3 nitrogen and oxygen atoms in total. The molecule has 0 aliphatic rings. The van der Waals surface area contributed by atoms with Crippen molar-refractivity contribution in [3.8, 4) is 0 Å². The number of hydrogen-bond donors (Lipinski definition) is 2. The van der Waals surface area contributed by atoms with Gasteiger partial charge in [-0.1, -0.05) is 23.2 Å². The predicted octanol–water partition coefficient (Wildman–Crippen LogP) is 3.97. The summed E-state index contributed by atoms with van der Waals surface area (Å²) in [5.41, 5.74) is 6.08. The second-order valence-electron chi connectivity index (χ2n) is 3.81. The van der Waals surface area contributed by atoms with Gasteiger partial charge in [0, 0.05) is 15.7 Å². The fraction of sp³-hybridized carbons (Fsp3) is 0. The van der Waals surface area contributed by atoms with Crippen LogP contribution in [0.5, 0.6) is 0 Å². The summed E-state index contributed by atoms with van der Waals surface area (Å²) in [4.78, 5) is 12.0. The van der Waals surface area contributed by atoms with Crippen molar-refractivity contribution in [1.29, 1.82) is 0 Å². The van der Waals surface area contributed by atoms with Crippen molar-refractivity contribution < 1.29 is 9.18 Å². The van der Waals surface area contributed by atoms with E-state index in [9.17, 15) is 9.18 Å². The maximum absolute atomic E-state index is 13.5. The van der Waals surface area contributed by atoms with Crippen molar-refractivity contribution >= 4 is 40.5 Å². The lowest BCUT2D eigenvalue weighted by atomic mass is 10.1. The first-order chi connectivity index (χ1) is 8.97. The number of amides is 1. The quantitative estimate of drug-likeness (QED) is 0.824. The molecule has 6 heteroatoms. The highest BCUT2D eigenvalue weighted by Gasteiger charge is 2.13. The van der Waals surface area contributed by atoms with Crippen molar-refractivity contribution in [2.45, 2.75) is 0 Å². The molecule has 98 valence electrons. The molecule has 0 aliphatic carbocycles. The van der Waals surface area contributed by atoms with Gasteiger partial charge >= 0.3 is 0 Å². The third-order valence-corrected chi connectivity index (χ3v) is 2.91. The highest BCUT2D eigenvalue weighted by Crippen LogP contribution is 2.23. The second-order valence-corrected chi connectivity index (χ2v) is 4.68. The van der Waals surface area contributed by atoms with Gasteiger partial charge in [-0.2, -0.15) is 0 Å². The van der Waals surface area contributed by atoms with Gasteiger partial charge in [0.25, 0.3) is 5.91 Å². The smallest absolute Gasteiger partial charge is 0.257 e. The molecule has 0 unspecified atom stereocenters. The normalized spacial score (nSPS) is 10.3. The van der Waals surface area contributed by atoms with Crippen molar-refractivity contribution in [3.63, 3.8) is 0 Å². The minimum absolute atomic E-state index is 0.0168. The van der Waals surface area contributed by atoms with Crippen LogP contribution in [-0.4, -0.2) is 5.91 Å². The number of anilines is 2. The average Bonchev–Trinajstić information content (AvgIpc) is 2.36. The molecule has 0 atom stereocenters. The number of carbonyl (C=O) groups is 1. The van der Waals surface area contributed by atoms with Gasteiger partial charge in [-0.3, -0.25) is 4.79 Å².